The van der Waals surface area contributed by atoms with Crippen LogP contribution in [0.3, 0.4) is 0 Å². The lowest BCUT2D eigenvalue weighted by atomic mass is 10.1. The van der Waals surface area contributed by atoms with Crippen LogP contribution in [0.4, 0.5) is 0 Å². The molecule has 0 spiro atoms. The standard InChI is InChI=1S/C19H22N2O4/c1-14-6-8-15(9-7-14)18(22)21-17(13-16-5-3-12-25-16)19(23)20-10-4-11-24-2/h3,5-9,12-13H,4,10-11H2,1-2H3,(H,20,23)(H,21,22)/b17-13+. The van der Waals surface area contributed by atoms with E-state index in [2.05, 4.69) is 10.6 Å². The number of benzene rings is 1. The van der Waals surface area contributed by atoms with E-state index in [-0.39, 0.29) is 17.5 Å². The van der Waals surface area contributed by atoms with Gasteiger partial charge in [-0.1, -0.05) is 17.7 Å². The predicted octanol–water partition coefficient (Wildman–Crippen LogP) is 2.51. The van der Waals surface area contributed by atoms with Gasteiger partial charge in [0.15, 0.2) is 0 Å². The zero-order chi connectivity index (χ0) is 18.1. The van der Waals surface area contributed by atoms with Gasteiger partial charge in [-0.25, -0.2) is 0 Å². The molecule has 2 amide bonds. The molecular formula is C19H22N2O4. The topological polar surface area (TPSA) is 80.6 Å². The maximum absolute atomic E-state index is 12.4. The molecule has 2 N–H and O–H groups in total. The van der Waals surface area contributed by atoms with E-state index in [1.54, 1.807) is 31.4 Å². The summed E-state index contributed by atoms with van der Waals surface area (Å²) in [4.78, 5) is 24.8. The highest BCUT2D eigenvalue weighted by molar-refractivity contribution is 6.05. The quantitative estimate of drug-likeness (QED) is 0.571. The Kier molecular flexibility index (Phi) is 6.98. The molecule has 0 aliphatic carbocycles. The summed E-state index contributed by atoms with van der Waals surface area (Å²) in [5, 5.41) is 5.40. The summed E-state index contributed by atoms with van der Waals surface area (Å²) >= 11 is 0. The zero-order valence-electron chi connectivity index (χ0n) is 14.4. The Morgan fingerprint density at radius 2 is 1.96 bits per heavy atom. The number of carbonyl (C=O) groups is 2. The molecule has 0 bridgehead atoms. The summed E-state index contributed by atoms with van der Waals surface area (Å²) in [6.45, 7) is 2.94. The number of methoxy groups -OCH3 is 1. The molecule has 0 aliphatic heterocycles. The first-order valence-corrected chi connectivity index (χ1v) is 8.00. The minimum absolute atomic E-state index is 0.123. The Morgan fingerprint density at radius 1 is 1.20 bits per heavy atom. The number of aryl methyl sites for hydroxylation is 1. The number of ether oxygens (including phenoxy) is 1. The van der Waals surface area contributed by atoms with Crippen molar-refractivity contribution >= 4 is 17.9 Å². The molecule has 0 saturated heterocycles. The van der Waals surface area contributed by atoms with Crippen molar-refractivity contribution in [3.05, 3.63) is 65.2 Å². The summed E-state index contributed by atoms with van der Waals surface area (Å²) in [6, 6.07) is 10.5. The molecule has 1 heterocycles. The Balaban J connectivity index is 2.10. The Labute approximate surface area is 146 Å². The summed E-state index contributed by atoms with van der Waals surface area (Å²) < 4.78 is 10.2. The van der Waals surface area contributed by atoms with Crippen molar-refractivity contribution in [3.8, 4) is 0 Å². The van der Waals surface area contributed by atoms with Crippen molar-refractivity contribution in [2.75, 3.05) is 20.3 Å². The van der Waals surface area contributed by atoms with Gasteiger partial charge in [0.25, 0.3) is 11.8 Å². The largest absolute Gasteiger partial charge is 0.465 e. The fraction of sp³-hybridized carbons (Fsp3) is 0.263. The number of hydrogen-bond acceptors (Lipinski definition) is 4. The van der Waals surface area contributed by atoms with Gasteiger partial charge in [0, 0.05) is 31.9 Å². The lowest BCUT2D eigenvalue weighted by molar-refractivity contribution is -0.117. The second-order valence-electron chi connectivity index (χ2n) is 5.50. The van der Waals surface area contributed by atoms with Crippen LogP contribution in [0.15, 0.2) is 52.8 Å². The van der Waals surface area contributed by atoms with Crippen LogP contribution in [0.1, 0.15) is 28.1 Å². The van der Waals surface area contributed by atoms with E-state index in [1.165, 1.54) is 12.3 Å². The highest BCUT2D eigenvalue weighted by atomic mass is 16.5. The minimum Gasteiger partial charge on any atom is -0.465 e. The van der Waals surface area contributed by atoms with Crippen molar-refractivity contribution < 1.29 is 18.7 Å². The van der Waals surface area contributed by atoms with Gasteiger partial charge >= 0.3 is 0 Å². The zero-order valence-corrected chi connectivity index (χ0v) is 14.4. The van der Waals surface area contributed by atoms with Crippen molar-refractivity contribution in [3.63, 3.8) is 0 Å². The van der Waals surface area contributed by atoms with Gasteiger partial charge < -0.3 is 19.8 Å². The van der Waals surface area contributed by atoms with E-state index < -0.39 is 0 Å². The fourth-order valence-electron chi connectivity index (χ4n) is 2.09. The summed E-state index contributed by atoms with van der Waals surface area (Å²) in [5.74, 6) is -0.260. The molecule has 0 fully saturated rings. The van der Waals surface area contributed by atoms with Gasteiger partial charge in [0.1, 0.15) is 11.5 Å². The highest BCUT2D eigenvalue weighted by Gasteiger charge is 2.15. The molecule has 6 heteroatoms. The predicted molar refractivity (Wildman–Crippen MR) is 94.8 cm³/mol. The normalized spacial score (nSPS) is 11.2. The first kappa shape index (κ1) is 18.5. The minimum atomic E-state index is -0.382. The van der Waals surface area contributed by atoms with E-state index in [9.17, 15) is 9.59 Å². The van der Waals surface area contributed by atoms with E-state index in [0.29, 0.717) is 30.9 Å². The van der Waals surface area contributed by atoms with Crippen LogP contribution in [0.25, 0.3) is 6.08 Å². The number of hydrogen-bond donors (Lipinski definition) is 2. The molecule has 0 radical (unpaired) electrons. The van der Waals surface area contributed by atoms with Crippen molar-refractivity contribution in [2.45, 2.75) is 13.3 Å². The summed E-state index contributed by atoms with van der Waals surface area (Å²) in [7, 11) is 1.60. The van der Waals surface area contributed by atoms with Crippen LogP contribution in [0.5, 0.6) is 0 Å². The van der Waals surface area contributed by atoms with Crippen molar-refractivity contribution in [1.29, 1.82) is 0 Å². The summed E-state index contributed by atoms with van der Waals surface area (Å²) in [5.41, 5.74) is 1.65. The van der Waals surface area contributed by atoms with Gasteiger partial charge in [-0.3, -0.25) is 9.59 Å². The van der Waals surface area contributed by atoms with E-state index in [4.69, 9.17) is 9.15 Å². The SMILES string of the molecule is COCCCNC(=O)/C(=C\c1ccco1)NC(=O)c1ccc(C)cc1. The summed E-state index contributed by atoms with van der Waals surface area (Å²) in [6.07, 6.45) is 3.68. The first-order chi connectivity index (χ1) is 12.1. The van der Waals surface area contributed by atoms with Crippen molar-refractivity contribution in [1.82, 2.24) is 10.6 Å². The Morgan fingerprint density at radius 3 is 2.60 bits per heavy atom. The van der Waals surface area contributed by atoms with Gasteiger partial charge in [0.05, 0.1) is 6.26 Å². The molecule has 25 heavy (non-hydrogen) atoms. The van der Waals surface area contributed by atoms with Crippen LogP contribution in [-0.2, 0) is 9.53 Å². The second-order valence-corrected chi connectivity index (χ2v) is 5.50. The van der Waals surface area contributed by atoms with Crippen LogP contribution in [0, 0.1) is 6.92 Å². The van der Waals surface area contributed by atoms with Crippen molar-refractivity contribution in [2.24, 2.45) is 0 Å². The van der Waals surface area contributed by atoms with Gasteiger partial charge in [-0.15, -0.1) is 0 Å². The molecule has 2 aromatic rings. The second kappa shape index (κ2) is 9.44. The van der Waals surface area contributed by atoms with Gasteiger partial charge in [0.2, 0.25) is 0 Å². The number of furan rings is 1. The number of amides is 2. The molecule has 2 rings (SSSR count). The van der Waals surface area contributed by atoms with E-state index in [1.807, 2.05) is 19.1 Å². The number of nitrogens with one attached hydrogen (secondary N) is 2. The van der Waals surface area contributed by atoms with E-state index in [0.717, 1.165) is 5.56 Å². The molecule has 6 nitrogen and oxygen atoms in total. The molecule has 0 atom stereocenters. The molecule has 0 aliphatic rings. The highest BCUT2D eigenvalue weighted by Crippen LogP contribution is 2.08. The third kappa shape index (κ3) is 5.93. The third-order valence-electron chi connectivity index (χ3n) is 3.45. The Hall–Kier alpha value is -2.86. The molecular weight excluding hydrogens is 320 g/mol. The third-order valence-corrected chi connectivity index (χ3v) is 3.45. The lowest BCUT2D eigenvalue weighted by Gasteiger charge is -2.11. The molecule has 132 valence electrons. The van der Waals surface area contributed by atoms with Crippen LogP contribution in [-0.4, -0.2) is 32.1 Å². The number of rotatable bonds is 8. The molecule has 1 aromatic carbocycles. The first-order valence-electron chi connectivity index (χ1n) is 8.00. The molecule has 0 saturated carbocycles. The smallest absolute Gasteiger partial charge is 0.267 e. The van der Waals surface area contributed by atoms with Crippen LogP contribution >= 0.6 is 0 Å². The van der Waals surface area contributed by atoms with Crippen LogP contribution in [0.2, 0.25) is 0 Å². The number of carbonyl (C=O) groups excluding carboxylic acids is 2. The van der Waals surface area contributed by atoms with Gasteiger partial charge in [-0.2, -0.15) is 0 Å². The monoisotopic (exact) mass is 342 g/mol. The lowest BCUT2D eigenvalue weighted by Crippen LogP contribution is -2.35. The maximum Gasteiger partial charge on any atom is 0.267 e. The fourth-order valence-corrected chi connectivity index (χ4v) is 2.09. The maximum atomic E-state index is 12.4. The van der Waals surface area contributed by atoms with Crippen LogP contribution < -0.4 is 10.6 Å². The van der Waals surface area contributed by atoms with E-state index >= 15 is 0 Å². The Bertz CT molecular complexity index is 718. The average molecular weight is 342 g/mol. The molecule has 0 unspecified atom stereocenters. The molecule has 1 aromatic heterocycles. The van der Waals surface area contributed by atoms with Gasteiger partial charge in [-0.05, 0) is 37.6 Å². The average Bonchev–Trinajstić information content (AvgIpc) is 3.11.